The van der Waals surface area contributed by atoms with Gasteiger partial charge in [0.25, 0.3) is 0 Å². The molecule has 1 aromatic rings. The minimum atomic E-state index is -0.680. The molecular weight excluding hydrogens is 206 g/mol. The van der Waals surface area contributed by atoms with Crippen molar-refractivity contribution in [3.8, 4) is 0 Å². The molecule has 2 atom stereocenters. The van der Waals surface area contributed by atoms with Crippen molar-refractivity contribution in [3.05, 3.63) is 17.6 Å². The molecule has 2 heterocycles. The first-order valence-electron chi connectivity index (χ1n) is 5.55. The number of aliphatic hydroxyl groups is 2. The van der Waals surface area contributed by atoms with E-state index < -0.39 is 12.2 Å². The first kappa shape index (κ1) is 11.3. The lowest BCUT2D eigenvalue weighted by Gasteiger charge is -2.17. The zero-order valence-electron chi connectivity index (χ0n) is 9.59. The number of rotatable bonds is 2. The monoisotopic (exact) mass is 223 g/mol. The van der Waals surface area contributed by atoms with Gasteiger partial charge in [0, 0.05) is 24.8 Å². The fourth-order valence-electron chi connectivity index (χ4n) is 1.91. The quantitative estimate of drug-likeness (QED) is 0.732. The van der Waals surface area contributed by atoms with E-state index in [1.54, 1.807) is 0 Å². The molecule has 0 aromatic carbocycles. The van der Waals surface area contributed by atoms with E-state index in [9.17, 15) is 10.2 Å². The Bertz CT molecular complexity index is 373. The second kappa shape index (κ2) is 4.35. The SMILES string of the molecule is CCc1cc(N2CC(O)C(O)C2)nc(C)n1. The lowest BCUT2D eigenvalue weighted by molar-refractivity contribution is 0.0572. The molecule has 1 saturated heterocycles. The fourth-order valence-corrected chi connectivity index (χ4v) is 1.91. The average molecular weight is 223 g/mol. The van der Waals surface area contributed by atoms with Crippen LogP contribution in [0, 0.1) is 6.92 Å². The standard InChI is InChI=1S/C11H17N3O2/c1-3-8-4-11(13-7(2)12-8)14-5-9(15)10(16)6-14/h4,9-10,15-16H,3,5-6H2,1-2H3. The van der Waals surface area contributed by atoms with Crippen molar-refractivity contribution in [2.45, 2.75) is 32.5 Å². The number of aliphatic hydroxyl groups excluding tert-OH is 2. The van der Waals surface area contributed by atoms with E-state index in [1.165, 1.54) is 0 Å². The molecule has 5 nitrogen and oxygen atoms in total. The number of anilines is 1. The number of nitrogens with zero attached hydrogens (tertiary/aromatic N) is 3. The molecule has 0 radical (unpaired) electrons. The third-order valence-electron chi connectivity index (χ3n) is 2.82. The van der Waals surface area contributed by atoms with Crippen molar-refractivity contribution >= 4 is 5.82 Å². The van der Waals surface area contributed by atoms with Crippen molar-refractivity contribution in [1.29, 1.82) is 0 Å². The predicted molar refractivity (Wildman–Crippen MR) is 60.4 cm³/mol. The smallest absolute Gasteiger partial charge is 0.132 e. The highest BCUT2D eigenvalue weighted by atomic mass is 16.3. The molecule has 5 heteroatoms. The molecule has 0 amide bonds. The van der Waals surface area contributed by atoms with Crippen LogP contribution in [0.5, 0.6) is 0 Å². The van der Waals surface area contributed by atoms with Gasteiger partial charge in [0.2, 0.25) is 0 Å². The van der Waals surface area contributed by atoms with E-state index in [4.69, 9.17) is 0 Å². The molecule has 2 unspecified atom stereocenters. The van der Waals surface area contributed by atoms with Gasteiger partial charge in [-0.25, -0.2) is 9.97 Å². The van der Waals surface area contributed by atoms with Gasteiger partial charge in [0.15, 0.2) is 0 Å². The Morgan fingerprint density at radius 2 is 1.94 bits per heavy atom. The van der Waals surface area contributed by atoms with Gasteiger partial charge in [-0.1, -0.05) is 6.92 Å². The van der Waals surface area contributed by atoms with Crippen LogP contribution in [0.1, 0.15) is 18.4 Å². The van der Waals surface area contributed by atoms with Crippen molar-refractivity contribution < 1.29 is 10.2 Å². The molecular formula is C11H17N3O2. The minimum absolute atomic E-state index is 0.431. The zero-order valence-corrected chi connectivity index (χ0v) is 9.59. The highest BCUT2D eigenvalue weighted by molar-refractivity contribution is 5.42. The zero-order chi connectivity index (χ0) is 11.7. The number of aromatic nitrogens is 2. The van der Waals surface area contributed by atoms with Gasteiger partial charge in [-0.2, -0.15) is 0 Å². The van der Waals surface area contributed by atoms with Gasteiger partial charge in [0.1, 0.15) is 11.6 Å². The molecule has 0 aliphatic carbocycles. The van der Waals surface area contributed by atoms with Gasteiger partial charge < -0.3 is 15.1 Å². The van der Waals surface area contributed by atoms with Crippen molar-refractivity contribution in [2.75, 3.05) is 18.0 Å². The van der Waals surface area contributed by atoms with Gasteiger partial charge in [-0.3, -0.25) is 0 Å². The van der Waals surface area contributed by atoms with Crippen molar-refractivity contribution in [2.24, 2.45) is 0 Å². The largest absolute Gasteiger partial charge is 0.389 e. The Labute approximate surface area is 94.8 Å². The van der Waals surface area contributed by atoms with Gasteiger partial charge in [-0.15, -0.1) is 0 Å². The van der Waals surface area contributed by atoms with Crippen molar-refractivity contribution in [3.63, 3.8) is 0 Å². The molecule has 0 saturated carbocycles. The molecule has 1 aliphatic rings. The minimum Gasteiger partial charge on any atom is -0.389 e. The van der Waals surface area contributed by atoms with E-state index in [0.717, 1.165) is 23.8 Å². The van der Waals surface area contributed by atoms with E-state index >= 15 is 0 Å². The highest BCUT2D eigenvalue weighted by Gasteiger charge is 2.30. The molecule has 0 spiro atoms. The summed E-state index contributed by atoms with van der Waals surface area (Å²) in [6.07, 6.45) is -0.504. The molecule has 0 bridgehead atoms. The topological polar surface area (TPSA) is 69.5 Å². The summed E-state index contributed by atoms with van der Waals surface area (Å²) >= 11 is 0. The second-order valence-electron chi connectivity index (χ2n) is 4.16. The molecule has 1 fully saturated rings. The number of hydrogen-bond acceptors (Lipinski definition) is 5. The highest BCUT2D eigenvalue weighted by Crippen LogP contribution is 2.19. The molecule has 1 aliphatic heterocycles. The Balaban J connectivity index is 2.24. The second-order valence-corrected chi connectivity index (χ2v) is 4.16. The number of aryl methyl sites for hydroxylation is 2. The lowest BCUT2D eigenvalue weighted by Crippen LogP contribution is -2.23. The van der Waals surface area contributed by atoms with Crippen LogP contribution in [0.15, 0.2) is 6.07 Å². The Morgan fingerprint density at radius 3 is 2.50 bits per heavy atom. The summed E-state index contributed by atoms with van der Waals surface area (Å²) < 4.78 is 0. The summed E-state index contributed by atoms with van der Waals surface area (Å²) in [5, 5.41) is 19.0. The van der Waals surface area contributed by atoms with E-state index in [0.29, 0.717) is 13.1 Å². The van der Waals surface area contributed by atoms with Crippen molar-refractivity contribution in [1.82, 2.24) is 9.97 Å². The maximum absolute atomic E-state index is 9.49. The van der Waals surface area contributed by atoms with E-state index in [-0.39, 0.29) is 0 Å². The van der Waals surface area contributed by atoms with Crippen LogP contribution < -0.4 is 4.90 Å². The summed E-state index contributed by atoms with van der Waals surface area (Å²) in [5.74, 6) is 1.52. The third-order valence-corrected chi connectivity index (χ3v) is 2.82. The third kappa shape index (κ3) is 2.15. The Morgan fingerprint density at radius 1 is 1.31 bits per heavy atom. The molecule has 2 rings (SSSR count). The van der Waals surface area contributed by atoms with Gasteiger partial charge >= 0.3 is 0 Å². The van der Waals surface area contributed by atoms with Crippen LogP contribution in [0.25, 0.3) is 0 Å². The summed E-state index contributed by atoms with van der Waals surface area (Å²) in [4.78, 5) is 10.5. The molecule has 16 heavy (non-hydrogen) atoms. The summed E-state index contributed by atoms with van der Waals surface area (Å²) in [6, 6.07) is 1.91. The first-order valence-corrected chi connectivity index (χ1v) is 5.55. The fraction of sp³-hybridized carbons (Fsp3) is 0.636. The normalized spacial score (nSPS) is 25.1. The van der Waals surface area contributed by atoms with Crippen LogP contribution in [0.2, 0.25) is 0 Å². The van der Waals surface area contributed by atoms with Crippen LogP contribution in [0.4, 0.5) is 5.82 Å². The maximum atomic E-state index is 9.49. The van der Waals surface area contributed by atoms with Gasteiger partial charge in [0.05, 0.1) is 12.2 Å². The average Bonchev–Trinajstić information content (AvgIpc) is 2.58. The molecule has 88 valence electrons. The maximum Gasteiger partial charge on any atom is 0.132 e. The summed E-state index contributed by atoms with van der Waals surface area (Å²) in [6.45, 7) is 4.76. The van der Waals surface area contributed by atoms with Crippen LogP contribution in [-0.2, 0) is 6.42 Å². The number of β-amino-alcohol motifs (C(OH)–C–C–N with tert-alkyl or cyclic N) is 2. The Kier molecular flexibility index (Phi) is 3.07. The molecule has 1 aromatic heterocycles. The number of hydrogen-bond donors (Lipinski definition) is 2. The Hall–Kier alpha value is -1.20. The van der Waals surface area contributed by atoms with E-state index in [2.05, 4.69) is 9.97 Å². The predicted octanol–water partition coefficient (Wildman–Crippen LogP) is -0.111. The lowest BCUT2D eigenvalue weighted by atomic mass is 10.3. The van der Waals surface area contributed by atoms with Crippen LogP contribution in [-0.4, -0.2) is 45.5 Å². The molecule has 2 N–H and O–H groups in total. The summed E-state index contributed by atoms with van der Waals surface area (Å²) in [5.41, 5.74) is 0.985. The summed E-state index contributed by atoms with van der Waals surface area (Å²) in [7, 11) is 0. The van der Waals surface area contributed by atoms with Gasteiger partial charge in [-0.05, 0) is 13.3 Å². The van der Waals surface area contributed by atoms with E-state index in [1.807, 2.05) is 24.8 Å². The first-order chi connectivity index (χ1) is 7.60. The van der Waals surface area contributed by atoms with Crippen LogP contribution >= 0.6 is 0 Å². The van der Waals surface area contributed by atoms with Crippen LogP contribution in [0.3, 0.4) is 0 Å².